The van der Waals surface area contributed by atoms with E-state index in [4.69, 9.17) is 51.5 Å². The third-order valence-electron chi connectivity index (χ3n) is 1.33. The van der Waals surface area contributed by atoms with E-state index in [-0.39, 0.29) is 0 Å². The van der Waals surface area contributed by atoms with Crippen LogP contribution in [0.25, 0.3) is 0 Å². The predicted molar refractivity (Wildman–Crippen MR) is 98.7 cm³/mol. The Labute approximate surface area is 155 Å². The average Bonchev–Trinajstić information content (AvgIpc) is 2.47. The van der Waals surface area contributed by atoms with Gasteiger partial charge in [0.05, 0.1) is 6.54 Å². The Hall–Kier alpha value is 0.160. The number of thioether (sulfide) groups is 2. The second kappa shape index (κ2) is 29.2. The van der Waals surface area contributed by atoms with Gasteiger partial charge in [0.25, 0.3) is 6.26 Å². The number of aliphatic imine (C=N–C) groups is 1. The summed E-state index contributed by atoms with van der Waals surface area (Å²) in [4.78, 5) is 12.9. The van der Waals surface area contributed by atoms with Crippen molar-refractivity contribution in [3.63, 3.8) is 0 Å². The maximum atomic E-state index is 9.57. The lowest BCUT2D eigenvalue weighted by atomic mass is 10.8. The van der Waals surface area contributed by atoms with Crippen molar-refractivity contribution in [1.29, 1.82) is 5.26 Å². The van der Waals surface area contributed by atoms with Crippen molar-refractivity contribution in [1.82, 2.24) is 0 Å². The minimum atomic E-state index is -0.750. The van der Waals surface area contributed by atoms with Crippen LogP contribution >= 0.6 is 58.3 Å². The van der Waals surface area contributed by atoms with Crippen LogP contribution < -0.4 is 11.5 Å². The molecular weight excluding hydrogens is 391 g/mol. The van der Waals surface area contributed by atoms with Gasteiger partial charge in [0.15, 0.2) is 4.30 Å². The number of nitrogens with two attached hydrogens (primary N) is 2. The Morgan fingerprint density at radius 1 is 1.09 bits per heavy atom. The molecule has 0 saturated heterocycles. The van der Waals surface area contributed by atoms with E-state index in [0.29, 0.717) is 13.2 Å². The van der Waals surface area contributed by atoms with E-state index >= 15 is 0 Å². The van der Waals surface area contributed by atoms with Crippen molar-refractivity contribution >= 4 is 64.4 Å². The lowest BCUT2D eigenvalue weighted by molar-refractivity contribution is 0.295. The first-order valence-electron chi connectivity index (χ1n) is 6.09. The average molecular weight is 412 g/mol. The van der Waals surface area contributed by atoms with Crippen molar-refractivity contribution in [2.24, 2.45) is 16.5 Å². The normalized spacial score (nSPS) is 8.59. The van der Waals surface area contributed by atoms with Crippen LogP contribution in [0.3, 0.4) is 0 Å². The highest BCUT2D eigenvalue weighted by Gasteiger charge is 1.87. The van der Waals surface area contributed by atoms with Crippen LogP contribution in [0.1, 0.15) is 0 Å². The van der Waals surface area contributed by atoms with Crippen LogP contribution in [0, 0.1) is 11.5 Å². The number of isocyanates is 1. The van der Waals surface area contributed by atoms with Crippen molar-refractivity contribution in [2.45, 2.75) is 4.30 Å². The molecule has 0 aromatic rings. The number of ether oxygens (including phenoxy) is 1. The molecule has 0 aromatic heterocycles. The van der Waals surface area contributed by atoms with E-state index < -0.39 is 4.30 Å². The molecule has 0 saturated carbocycles. The lowest BCUT2D eigenvalue weighted by Gasteiger charge is -1.94. The smallest absolute Gasteiger partial charge is 0.286 e. The topological polar surface area (TPSA) is 114 Å². The molecule has 130 valence electrons. The fourth-order valence-corrected chi connectivity index (χ4v) is 1.84. The molecule has 0 rings (SSSR count). The monoisotopic (exact) mass is 410 g/mol. The van der Waals surface area contributed by atoms with Crippen LogP contribution in [0.2, 0.25) is 0 Å². The molecule has 0 aliphatic carbocycles. The molecule has 0 aromatic carbocycles. The van der Waals surface area contributed by atoms with E-state index in [1.54, 1.807) is 29.8 Å². The van der Waals surface area contributed by atoms with Gasteiger partial charge in [-0.25, -0.2) is 9.79 Å². The number of hydrogen-bond acceptors (Lipinski definition) is 8. The Balaban J connectivity index is -0.000000280. The standard InChI is InChI=1S/C6H8N2O2S.C4H12N2S.CHCl3/c7-5-10-2-4-11-3-1-8-6-9;5-1-3-7-4-2-6;2-1(3)4/h1-4H2;1-6H2;1H. The zero-order valence-electron chi connectivity index (χ0n) is 12.1. The first kappa shape index (κ1) is 27.0. The van der Waals surface area contributed by atoms with Gasteiger partial charge in [-0.05, 0) is 0 Å². The highest BCUT2D eigenvalue weighted by Crippen LogP contribution is 2.03. The summed E-state index contributed by atoms with van der Waals surface area (Å²) in [6, 6.07) is 0. The Morgan fingerprint density at radius 2 is 1.59 bits per heavy atom. The first-order chi connectivity index (χ1) is 10.6. The third-order valence-corrected chi connectivity index (χ3v) is 3.31. The molecule has 0 fully saturated rings. The molecule has 0 atom stereocenters. The van der Waals surface area contributed by atoms with Gasteiger partial charge in [-0.2, -0.15) is 28.8 Å². The summed E-state index contributed by atoms with van der Waals surface area (Å²) in [6.45, 7) is 2.45. The zero-order valence-corrected chi connectivity index (χ0v) is 16.0. The van der Waals surface area contributed by atoms with E-state index in [2.05, 4.69) is 9.73 Å². The molecule has 0 unspecified atom stereocenters. The van der Waals surface area contributed by atoms with Crippen LogP contribution in [0.4, 0.5) is 0 Å². The molecule has 4 N–H and O–H groups in total. The molecular formula is C11H21Cl3N4O2S2. The molecule has 0 bridgehead atoms. The van der Waals surface area contributed by atoms with E-state index in [1.165, 1.54) is 6.08 Å². The van der Waals surface area contributed by atoms with E-state index in [9.17, 15) is 4.79 Å². The maximum absolute atomic E-state index is 9.57. The van der Waals surface area contributed by atoms with Crippen molar-refractivity contribution in [3.8, 4) is 6.26 Å². The first-order valence-corrected chi connectivity index (χ1v) is 9.70. The Kier molecular flexibility index (Phi) is 35.9. The largest absolute Gasteiger partial charge is 0.427 e. The number of carbonyl (C=O) groups excluding carboxylic acids is 1. The van der Waals surface area contributed by atoms with Gasteiger partial charge >= 0.3 is 0 Å². The molecule has 0 radical (unpaired) electrons. The van der Waals surface area contributed by atoms with Gasteiger partial charge < -0.3 is 16.2 Å². The molecule has 0 amide bonds. The van der Waals surface area contributed by atoms with E-state index in [0.717, 1.165) is 36.1 Å². The lowest BCUT2D eigenvalue weighted by Crippen LogP contribution is -2.06. The number of nitriles is 1. The number of rotatable bonds is 10. The van der Waals surface area contributed by atoms with Crippen LogP contribution in [0.15, 0.2) is 4.99 Å². The van der Waals surface area contributed by atoms with Gasteiger partial charge in [-0.1, -0.05) is 34.8 Å². The summed E-state index contributed by atoms with van der Waals surface area (Å²) < 4.78 is 3.67. The van der Waals surface area contributed by atoms with Gasteiger partial charge in [0.1, 0.15) is 6.61 Å². The second-order valence-electron chi connectivity index (χ2n) is 2.96. The summed E-state index contributed by atoms with van der Waals surface area (Å²) in [5.74, 6) is 3.60. The number of halogens is 3. The highest BCUT2D eigenvalue weighted by atomic mass is 35.6. The van der Waals surface area contributed by atoms with Crippen molar-refractivity contribution in [2.75, 3.05) is 49.3 Å². The van der Waals surface area contributed by atoms with Crippen LogP contribution in [-0.2, 0) is 9.53 Å². The quantitative estimate of drug-likeness (QED) is 0.186. The van der Waals surface area contributed by atoms with Gasteiger partial charge in [0, 0.05) is 36.1 Å². The number of nitrogens with zero attached hydrogens (tertiary/aromatic N) is 2. The fraction of sp³-hybridized carbons (Fsp3) is 0.818. The van der Waals surface area contributed by atoms with Crippen molar-refractivity contribution in [3.05, 3.63) is 0 Å². The summed E-state index contributed by atoms with van der Waals surface area (Å²) in [5.41, 5.74) is 10.4. The summed E-state index contributed by atoms with van der Waals surface area (Å²) >= 11 is 17.8. The molecule has 11 heteroatoms. The van der Waals surface area contributed by atoms with E-state index in [1.807, 2.05) is 0 Å². The minimum absolute atomic E-state index is 0.423. The SMILES string of the molecule is ClC(Cl)Cl.N#COCCSCCN=C=O.NCCSCCN. The molecule has 22 heavy (non-hydrogen) atoms. The predicted octanol–water partition coefficient (Wildman–Crippen LogP) is 2.18. The minimum Gasteiger partial charge on any atom is -0.427 e. The maximum Gasteiger partial charge on any atom is 0.286 e. The second-order valence-corrected chi connectivity index (χ2v) is 7.39. The Morgan fingerprint density at radius 3 is 2.00 bits per heavy atom. The summed E-state index contributed by atoms with van der Waals surface area (Å²) in [6.07, 6.45) is 3.02. The van der Waals surface area contributed by atoms with Crippen molar-refractivity contribution < 1.29 is 9.53 Å². The number of hydrogen-bond donors (Lipinski definition) is 2. The van der Waals surface area contributed by atoms with Crippen LogP contribution in [-0.4, -0.2) is 59.6 Å². The molecule has 6 nitrogen and oxygen atoms in total. The zero-order chi connectivity index (χ0) is 17.5. The van der Waals surface area contributed by atoms with Gasteiger partial charge in [-0.3, -0.25) is 0 Å². The summed E-state index contributed by atoms with van der Waals surface area (Å²) in [5, 5.41) is 7.96. The van der Waals surface area contributed by atoms with Crippen LogP contribution in [0.5, 0.6) is 0 Å². The molecule has 0 spiro atoms. The van der Waals surface area contributed by atoms with Gasteiger partial charge in [0.2, 0.25) is 6.08 Å². The summed E-state index contributed by atoms with van der Waals surface area (Å²) in [7, 11) is 0. The molecule has 0 heterocycles. The Bertz CT molecular complexity index is 284. The third kappa shape index (κ3) is 50.1. The van der Waals surface area contributed by atoms with Gasteiger partial charge in [-0.15, -0.1) is 0 Å². The molecule has 0 aliphatic heterocycles. The highest BCUT2D eigenvalue weighted by molar-refractivity contribution is 7.99. The molecule has 0 aliphatic rings. The number of alkyl halides is 3. The fourth-order valence-electron chi connectivity index (χ4n) is 0.673.